The third-order valence-electron chi connectivity index (χ3n) is 3.82. The fourth-order valence-electron chi connectivity index (χ4n) is 2.89. The summed E-state index contributed by atoms with van der Waals surface area (Å²) < 4.78 is 5.41. The molecule has 1 heterocycles. The van der Waals surface area contributed by atoms with Crippen LogP contribution in [-0.4, -0.2) is 16.2 Å². The van der Waals surface area contributed by atoms with E-state index in [2.05, 4.69) is 29.3 Å². The molecule has 2 aliphatic rings. The largest absolute Gasteiger partial charge is 0.339 e. The number of nitrogens with zero attached hydrogens (tertiary/aromatic N) is 2. The summed E-state index contributed by atoms with van der Waals surface area (Å²) in [6, 6.07) is 0.455. The van der Waals surface area contributed by atoms with Crippen LogP contribution in [0.15, 0.2) is 4.52 Å². The number of rotatable bonds is 4. The van der Waals surface area contributed by atoms with Gasteiger partial charge in [0.1, 0.15) is 0 Å². The van der Waals surface area contributed by atoms with Crippen LogP contribution in [0.5, 0.6) is 0 Å². The minimum Gasteiger partial charge on any atom is -0.339 e. The highest BCUT2D eigenvalue weighted by Crippen LogP contribution is 2.42. The van der Waals surface area contributed by atoms with Gasteiger partial charge in [-0.1, -0.05) is 18.0 Å². The molecule has 0 atom stereocenters. The zero-order valence-corrected chi connectivity index (χ0v) is 10.7. The van der Waals surface area contributed by atoms with E-state index in [4.69, 9.17) is 4.52 Å². The van der Waals surface area contributed by atoms with Gasteiger partial charge in [0.05, 0.1) is 5.54 Å². The molecule has 0 radical (unpaired) electrons. The van der Waals surface area contributed by atoms with E-state index in [1.807, 2.05) is 0 Å². The van der Waals surface area contributed by atoms with Crippen molar-refractivity contribution < 1.29 is 4.52 Å². The Morgan fingerprint density at radius 2 is 2.00 bits per heavy atom. The SMILES string of the molecule is CC(C)NC1(c2noc(C3CC3)n2)CCCC1. The van der Waals surface area contributed by atoms with Crippen LogP contribution in [0.2, 0.25) is 0 Å². The van der Waals surface area contributed by atoms with Gasteiger partial charge < -0.3 is 9.84 Å². The highest BCUT2D eigenvalue weighted by atomic mass is 16.5. The highest BCUT2D eigenvalue weighted by molar-refractivity contribution is 5.11. The van der Waals surface area contributed by atoms with Gasteiger partial charge in [-0.25, -0.2) is 0 Å². The Morgan fingerprint density at radius 1 is 1.29 bits per heavy atom. The van der Waals surface area contributed by atoms with E-state index in [-0.39, 0.29) is 5.54 Å². The number of hydrogen-bond donors (Lipinski definition) is 1. The summed E-state index contributed by atoms with van der Waals surface area (Å²) in [5.41, 5.74) is -0.0230. The second-order valence-electron chi connectivity index (χ2n) is 5.82. The molecule has 2 saturated carbocycles. The highest BCUT2D eigenvalue weighted by Gasteiger charge is 2.41. The zero-order valence-electron chi connectivity index (χ0n) is 10.7. The molecular formula is C13H21N3O. The first-order valence-corrected chi connectivity index (χ1v) is 6.81. The molecule has 2 aliphatic carbocycles. The molecule has 0 amide bonds. The Morgan fingerprint density at radius 3 is 2.59 bits per heavy atom. The van der Waals surface area contributed by atoms with Crippen molar-refractivity contribution in [3.63, 3.8) is 0 Å². The molecule has 1 N–H and O–H groups in total. The van der Waals surface area contributed by atoms with E-state index in [1.165, 1.54) is 25.7 Å². The lowest BCUT2D eigenvalue weighted by Crippen LogP contribution is -2.44. The third kappa shape index (κ3) is 2.10. The maximum Gasteiger partial charge on any atom is 0.229 e. The van der Waals surface area contributed by atoms with Crippen molar-refractivity contribution in [3.05, 3.63) is 11.7 Å². The Hall–Kier alpha value is -0.900. The summed E-state index contributed by atoms with van der Waals surface area (Å²) in [5.74, 6) is 2.30. The summed E-state index contributed by atoms with van der Waals surface area (Å²) in [5, 5.41) is 7.90. The average molecular weight is 235 g/mol. The van der Waals surface area contributed by atoms with Gasteiger partial charge in [0.25, 0.3) is 0 Å². The summed E-state index contributed by atoms with van der Waals surface area (Å²) >= 11 is 0. The topological polar surface area (TPSA) is 51.0 Å². The molecule has 3 rings (SSSR count). The smallest absolute Gasteiger partial charge is 0.229 e. The summed E-state index contributed by atoms with van der Waals surface area (Å²) in [4.78, 5) is 4.64. The molecule has 0 bridgehead atoms. The number of aromatic nitrogens is 2. The van der Waals surface area contributed by atoms with Crippen LogP contribution in [0.25, 0.3) is 0 Å². The molecule has 17 heavy (non-hydrogen) atoms. The normalized spacial score (nSPS) is 23.5. The van der Waals surface area contributed by atoms with Crippen molar-refractivity contribution in [1.82, 2.24) is 15.5 Å². The summed E-state index contributed by atoms with van der Waals surface area (Å²) in [6.07, 6.45) is 7.21. The van der Waals surface area contributed by atoms with E-state index >= 15 is 0 Å². The number of nitrogens with one attached hydrogen (secondary N) is 1. The van der Waals surface area contributed by atoms with Gasteiger partial charge in [0.15, 0.2) is 5.82 Å². The van der Waals surface area contributed by atoms with Gasteiger partial charge in [-0.3, -0.25) is 0 Å². The van der Waals surface area contributed by atoms with E-state index in [1.54, 1.807) is 0 Å². The molecule has 1 aromatic heterocycles. The molecule has 0 aromatic carbocycles. The predicted octanol–water partition coefficient (Wildman–Crippen LogP) is 2.71. The van der Waals surface area contributed by atoms with Crippen molar-refractivity contribution in [2.75, 3.05) is 0 Å². The molecule has 4 nitrogen and oxygen atoms in total. The molecule has 0 aliphatic heterocycles. The van der Waals surface area contributed by atoms with Gasteiger partial charge >= 0.3 is 0 Å². The van der Waals surface area contributed by atoms with Gasteiger partial charge in [0.2, 0.25) is 5.89 Å². The van der Waals surface area contributed by atoms with Crippen molar-refractivity contribution in [2.24, 2.45) is 0 Å². The van der Waals surface area contributed by atoms with E-state index in [9.17, 15) is 0 Å². The fraction of sp³-hybridized carbons (Fsp3) is 0.846. The maximum absolute atomic E-state index is 5.41. The Bertz CT molecular complexity index is 389. The van der Waals surface area contributed by atoms with Gasteiger partial charge in [0, 0.05) is 12.0 Å². The quantitative estimate of drug-likeness (QED) is 0.871. The Labute approximate surface area is 102 Å². The lowest BCUT2D eigenvalue weighted by Gasteiger charge is -2.29. The van der Waals surface area contributed by atoms with E-state index in [0.29, 0.717) is 12.0 Å². The molecule has 0 unspecified atom stereocenters. The molecule has 2 fully saturated rings. The molecule has 1 aromatic rings. The standard InChI is InChI=1S/C13H21N3O/c1-9(2)15-13(7-3-4-8-13)12-14-11(17-16-12)10-5-6-10/h9-10,15H,3-8H2,1-2H3. The second kappa shape index (κ2) is 4.09. The van der Waals surface area contributed by atoms with Crippen LogP contribution in [-0.2, 0) is 5.54 Å². The van der Waals surface area contributed by atoms with Crippen molar-refractivity contribution in [2.45, 2.75) is 69.9 Å². The maximum atomic E-state index is 5.41. The number of hydrogen-bond acceptors (Lipinski definition) is 4. The monoisotopic (exact) mass is 235 g/mol. The van der Waals surface area contributed by atoms with Crippen LogP contribution >= 0.6 is 0 Å². The van der Waals surface area contributed by atoms with Crippen molar-refractivity contribution in [3.8, 4) is 0 Å². The lowest BCUT2D eigenvalue weighted by molar-refractivity contribution is 0.278. The molecular weight excluding hydrogens is 214 g/mol. The van der Waals surface area contributed by atoms with Crippen LogP contribution in [0.1, 0.15) is 70.0 Å². The van der Waals surface area contributed by atoms with Gasteiger partial charge in [-0.2, -0.15) is 4.98 Å². The van der Waals surface area contributed by atoms with Crippen LogP contribution in [0, 0.1) is 0 Å². The van der Waals surface area contributed by atoms with Crippen LogP contribution in [0.4, 0.5) is 0 Å². The first-order valence-electron chi connectivity index (χ1n) is 6.81. The van der Waals surface area contributed by atoms with Crippen LogP contribution in [0.3, 0.4) is 0 Å². The third-order valence-corrected chi connectivity index (χ3v) is 3.82. The summed E-state index contributed by atoms with van der Waals surface area (Å²) in [7, 11) is 0. The predicted molar refractivity (Wildman–Crippen MR) is 64.7 cm³/mol. The fourth-order valence-corrected chi connectivity index (χ4v) is 2.89. The molecule has 0 saturated heterocycles. The van der Waals surface area contributed by atoms with Gasteiger partial charge in [-0.05, 0) is 39.5 Å². The van der Waals surface area contributed by atoms with E-state index in [0.717, 1.165) is 24.6 Å². The zero-order chi connectivity index (χ0) is 11.9. The second-order valence-corrected chi connectivity index (χ2v) is 5.82. The first kappa shape index (κ1) is 11.2. The Kier molecular flexibility index (Phi) is 2.69. The van der Waals surface area contributed by atoms with Crippen molar-refractivity contribution in [1.29, 1.82) is 0 Å². The van der Waals surface area contributed by atoms with E-state index < -0.39 is 0 Å². The molecule has 0 spiro atoms. The minimum atomic E-state index is -0.0230. The molecule has 94 valence electrons. The average Bonchev–Trinajstić information content (AvgIpc) is 2.83. The summed E-state index contributed by atoms with van der Waals surface area (Å²) in [6.45, 7) is 4.36. The molecule has 4 heteroatoms. The first-order chi connectivity index (χ1) is 8.20. The van der Waals surface area contributed by atoms with Gasteiger partial charge in [-0.15, -0.1) is 0 Å². The Balaban J connectivity index is 1.85. The lowest BCUT2D eigenvalue weighted by atomic mass is 9.95. The minimum absolute atomic E-state index is 0.0230. The van der Waals surface area contributed by atoms with Crippen molar-refractivity contribution >= 4 is 0 Å². The van der Waals surface area contributed by atoms with Crippen LogP contribution < -0.4 is 5.32 Å².